The first-order chi connectivity index (χ1) is 5.38. The van der Waals surface area contributed by atoms with E-state index < -0.39 is 0 Å². The van der Waals surface area contributed by atoms with Crippen LogP contribution in [0, 0.1) is 0 Å². The molecule has 2 nitrogen and oxygen atoms in total. The average Bonchev–Trinajstić information content (AvgIpc) is 2.06. The van der Waals surface area contributed by atoms with Gasteiger partial charge < -0.3 is 9.84 Å². The molecule has 0 bridgehead atoms. The molecule has 1 aromatic rings. The van der Waals surface area contributed by atoms with E-state index in [0.717, 1.165) is 24.2 Å². The summed E-state index contributed by atoms with van der Waals surface area (Å²) in [5.41, 5.74) is 2.18. The van der Waals surface area contributed by atoms with E-state index in [1.54, 1.807) is 6.07 Å². The summed E-state index contributed by atoms with van der Waals surface area (Å²) in [7, 11) is 0. The number of rotatable bonds is 0. The lowest BCUT2D eigenvalue weighted by Gasteiger charge is -2.16. The monoisotopic (exact) mass is 186 g/mol. The Bertz CT molecular complexity index is 273. The minimum atomic E-state index is 0. The van der Waals surface area contributed by atoms with E-state index in [4.69, 9.17) is 4.74 Å². The van der Waals surface area contributed by atoms with Gasteiger partial charge in [-0.25, -0.2) is 0 Å². The van der Waals surface area contributed by atoms with E-state index >= 15 is 0 Å². The second kappa shape index (κ2) is 3.78. The van der Waals surface area contributed by atoms with Crippen LogP contribution in [0.5, 0.6) is 5.75 Å². The van der Waals surface area contributed by atoms with Crippen molar-refractivity contribution in [2.45, 2.75) is 13.0 Å². The first-order valence-corrected chi connectivity index (χ1v) is 3.75. The molecule has 12 heavy (non-hydrogen) atoms. The van der Waals surface area contributed by atoms with Crippen molar-refractivity contribution >= 4 is 12.4 Å². The number of benzene rings is 1. The van der Waals surface area contributed by atoms with Crippen molar-refractivity contribution in [3.8, 4) is 5.75 Å². The molecule has 1 aliphatic heterocycles. The minimum Gasteiger partial charge on any atom is -0.508 e. The molecule has 3 heteroatoms. The highest BCUT2D eigenvalue weighted by molar-refractivity contribution is 5.85. The fourth-order valence-corrected chi connectivity index (χ4v) is 1.40. The largest absolute Gasteiger partial charge is 0.508 e. The fraction of sp³-hybridized carbons (Fsp3) is 0.333. The van der Waals surface area contributed by atoms with Crippen LogP contribution < -0.4 is 0 Å². The first kappa shape index (κ1) is 9.36. The summed E-state index contributed by atoms with van der Waals surface area (Å²) in [6.07, 6.45) is 0.835. The molecule has 0 unspecified atom stereocenters. The van der Waals surface area contributed by atoms with Gasteiger partial charge in [-0.2, -0.15) is 0 Å². The summed E-state index contributed by atoms with van der Waals surface area (Å²) in [6.45, 7) is 1.37. The number of phenols is 1. The topological polar surface area (TPSA) is 29.5 Å². The van der Waals surface area contributed by atoms with E-state index in [1.807, 2.05) is 12.1 Å². The van der Waals surface area contributed by atoms with Gasteiger partial charge in [-0.1, -0.05) is 12.1 Å². The van der Waals surface area contributed by atoms with Gasteiger partial charge in [-0.15, -0.1) is 12.4 Å². The van der Waals surface area contributed by atoms with E-state index in [-0.39, 0.29) is 12.4 Å². The third-order valence-corrected chi connectivity index (χ3v) is 2.00. The number of ether oxygens (including phenoxy) is 1. The predicted molar refractivity (Wildman–Crippen MR) is 48.7 cm³/mol. The molecule has 0 aromatic heterocycles. The Hall–Kier alpha value is -0.730. The average molecular weight is 187 g/mol. The highest BCUT2D eigenvalue weighted by atomic mass is 35.5. The SMILES string of the molecule is Cl.Oc1cccc2c1CCOC2. The van der Waals surface area contributed by atoms with Crippen LogP contribution in [0.1, 0.15) is 11.1 Å². The van der Waals surface area contributed by atoms with Gasteiger partial charge in [0.2, 0.25) is 0 Å². The van der Waals surface area contributed by atoms with Crippen LogP contribution in [-0.4, -0.2) is 11.7 Å². The molecule has 0 spiro atoms. The second-order valence-corrected chi connectivity index (χ2v) is 2.72. The van der Waals surface area contributed by atoms with Crippen LogP contribution in [0.3, 0.4) is 0 Å². The van der Waals surface area contributed by atoms with Gasteiger partial charge in [-0.05, 0) is 18.1 Å². The normalized spacial score (nSPS) is 14.7. The lowest BCUT2D eigenvalue weighted by Crippen LogP contribution is -2.09. The molecule has 0 fully saturated rings. The molecule has 0 atom stereocenters. The highest BCUT2D eigenvalue weighted by Crippen LogP contribution is 2.24. The maximum atomic E-state index is 9.40. The molecule has 0 radical (unpaired) electrons. The zero-order chi connectivity index (χ0) is 7.68. The van der Waals surface area contributed by atoms with E-state index in [2.05, 4.69) is 0 Å². The van der Waals surface area contributed by atoms with Gasteiger partial charge in [0.15, 0.2) is 0 Å². The van der Waals surface area contributed by atoms with Crippen LogP contribution in [0.15, 0.2) is 18.2 Å². The number of halogens is 1. The predicted octanol–water partition coefficient (Wildman–Crippen LogP) is 1.89. The van der Waals surface area contributed by atoms with E-state index in [1.165, 1.54) is 0 Å². The maximum Gasteiger partial charge on any atom is 0.119 e. The third-order valence-electron chi connectivity index (χ3n) is 2.00. The van der Waals surface area contributed by atoms with Gasteiger partial charge in [-0.3, -0.25) is 0 Å². The molecule has 1 aliphatic rings. The van der Waals surface area contributed by atoms with Crippen LogP contribution in [0.2, 0.25) is 0 Å². The molecule has 2 rings (SSSR count). The number of hydrogen-bond donors (Lipinski definition) is 1. The van der Waals surface area contributed by atoms with Crippen LogP contribution in [0.4, 0.5) is 0 Å². The Morgan fingerprint density at radius 3 is 2.92 bits per heavy atom. The zero-order valence-electron chi connectivity index (χ0n) is 6.62. The Kier molecular flexibility index (Phi) is 2.95. The zero-order valence-corrected chi connectivity index (χ0v) is 7.43. The maximum absolute atomic E-state index is 9.40. The second-order valence-electron chi connectivity index (χ2n) is 2.72. The Morgan fingerprint density at radius 2 is 2.17 bits per heavy atom. The molecule has 1 aromatic carbocycles. The van der Waals surface area contributed by atoms with E-state index in [0.29, 0.717) is 12.4 Å². The van der Waals surface area contributed by atoms with Crippen LogP contribution in [-0.2, 0) is 17.8 Å². The van der Waals surface area contributed by atoms with Crippen molar-refractivity contribution in [2.75, 3.05) is 6.61 Å². The lowest BCUT2D eigenvalue weighted by molar-refractivity contribution is 0.109. The standard InChI is InChI=1S/C9H10O2.ClH/c10-9-3-1-2-7-6-11-5-4-8(7)9;/h1-3,10H,4-6H2;1H. The van der Waals surface area contributed by atoms with Crippen molar-refractivity contribution in [1.29, 1.82) is 0 Å². The number of phenolic OH excluding ortho intramolecular Hbond substituents is 1. The molecular weight excluding hydrogens is 176 g/mol. The number of hydrogen-bond acceptors (Lipinski definition) is 2. The first-order valence-electron chi connectivity index (χ1n) is 3.75. The molecule has 0 aliphatic carbocycles. The molecule has 66 valence electrons. The van der Waals surface area contributed by atoms with E-state index in [9.17, 15) is 5.11 Å². The van der Waals surface area contributed by atoms with Crippen LogP contribution >= 0.6 is 12.4 Å². The van der Waals surface area contributed by atoms with Gasteiger partial charge >= 0.3 is 0 Å². The Morgan fingerprint density at radius 1 is 1.33 bits per heavy atom. The lowest BCUT2D eigenvalue weighted by atomic mass is 10.0. The quantitative estimate of drug-likeness (QED) is 0.671. The van der Waals surface area contributed by atoms with Crippen molar-refractivity contribution in [3.05, 3.63) is 29.3 Å². The minimum absolute atomic E-state index is 0. The molecule has 1 heterocycles. The highest BCUT2D eigenvalue weighted by Gasteiger charge is 2.11. The van der Waals surface area contributed by atoms with Gasteiger partial charge in [0.25, 0.3) is 0 Å². The molecule has 0 amide bonds. The van der Waals surface area contributed by atoms with Gasteiger partial charge in [0.1, 0.15) is 5.75 Å². The van der Waals surface area contributed by atoms with Crippen LogP contribution in [0.25, 0.3) is 0 Å². The molecular formula is C9H11ClO2. The van der Waals surface area contributed by atoms with Crippen molar-refractivity contribution < 1.29 is 9.84 Å². The summed E-state index contributed by atoms with van der Waals surface area (Å²) in [5, 5.41) is 9.40. The third kappa shape index (κ3) is 1.54. The Labute approximate surface area is 77.6 Å². The van der Waals surface area contributed by atoms with Crippen molar-refractivity contribution in [1.82, 2.24) is 0 Å². The van der Waals surface area contributed by atoms with Gasteiger partial charge in [0.05, 0.1) is 13.2 Å². The summed E-state index contributed by atoms with van der Waals surface area (Å²) >= 11 is 0. The molecule has 1 N–H and O–H groups in total. The number of fused-ring (bicyclic) bond motifs is 1. The van der Waals surface area contributed by atoms with Crippen molar-refractivity contribution in [3.63, 3.8) is 0 Å². The summed E-state index contributed by atoms with van der Waals surface area (Å²) < 4.78 is 5.24. The number of aromatic hydroxyl groups is 1. The summed E-state index contributed by atoms with van der Waals surface area (Å²) in [6, 6.07) is 5.57. The Balaban J connectivity index is 0.000000720. The van der Waals surface area contributed by atoms with Gasteiger partial charge in [0, 0.05) is 5.56 Å². The smallest absolute Gasteiger partial charge is 0.119 e. The molecule has 0 saturated heterocycles. The molecule has 0 saturated carbocycles. The summed E-state index contributed by atoms with van der Waals surface area (Å²) in [4.78, 5) is 0. The fourth-order valence-electron chi connectivity index (χ4n) is 1.40. The van der Waals surface area contributed by atoms with Crippen molar-refractivity contribution in [2.24, 2.45) is 0 Å². The summed E-state index contributed by atoms with van der Waals surface area (Å²) in [5.74, 6) is 0.408.